The van der Waals surface area contributed by atoms with Crippen molar-refractivity contribution in [3.8, 4) is 11.8 Å². The molecule has 0 spiro atoms. The summed E-state index contributed by atoms with van der Waals surface area (Å²) >= 11 is 0. The summed E-state index contributed by atoms with van der Waals surface area (Å²) < 4.78 is 8.58. The molecule has 0 amide bonds. The highest BCUT2D eigenvalue weighted by Crippen LogP contribution is 2.48. The summed E-state index contributed by atoms with van der Waals surface area (Å²) in [5.41, 5.74) is 4.73. The van der Waals surface area contributed by atoms with Gasteiger partial charge < -0.3 is 14.2 Å². The Morgan fingerprint density at radius 2 is 2.19 bits per heavy atom. The molecule has 1 aromatic carbocycles. The minimum absolute atomic E-state index is 0.145. The molecule has 0 saturated heterocycles. The molecule has 2 aromatic heterocycles. The van der Waals surface area contributed by atoms with Crippen molar-refractivity contribution in [3.63, 3.8) is 0 Å². The van der Waals surface area contributed by atoms with Crippen molar-refractivity contribution < 1.29 is 9.53 Å². The summed E-state index contributed by atoms with van der Waals surface area (Å²) in [4.78, 5) is 33.8. The molecular formula is C29H29N5O3. The van der Waals surface area contributed by atoms with Gasteiger partial charge in [-0.25, -0.2) is 4.98 Å². The van der Waals surface area contributed by atoms with Gasteiger partial charge in [-0.1, -0.05) is 31.2 Å². The van der Waals surface area contributed by atoms with Gasteiger partial charge in [0.1, 0.15) is 28.4 Å². The number of carbonyl (C=O) groups is 1. The van der Waals surface area contributed by atoms with Crippen LogP contribution in [0.1, 0.15) is 48.3 Å². The van der Waals surface area contributed by atoms with E-state index in [0.29, 0.717) is 46.9 Å². The van der Waals surface area contributed by atoms with E-state index in [9.17, 15) is 14.9 Å². The van der Waals surface area contributed by atoms with Gasteiger partial charge in [-0.3, -0.25) is 14.2 Å². The molecule has 8 nitrogen and oxygen atoms in total. The molecule has 8 heteroatoms. The molecule has 2 unspecified atom stereocenters. The zero-order valence-corrected chi connectivity index (χ0v) is 21.3. The predicted octanol–water partition coefficient (Wildman–Crippen LogP) is 4.04. The number of rotatable bonds is 4. The number of Topliss-reactive ketones (excluding diaryl/α,β-unsaturated/α-hetero) is 1. The third kappa shape index (κ3) is 3.52. The lowest BCUT2D eigenvalue weighted by Crippen LogP contribution is -2.39. The van der Waals surface area contributed by atoms with Crippen LogP contribution in [0.3, 0.4) is 0 Å². The second kappa shape index (κ2) is 8.48. The van der Waals surface area contributed by atoms with E-state index in [-0.39, 0.29) is 23.3 Å². The summed E-state index contributed by atoms with van der Waals surface area (Å²) in [5.74, 6) is 0.751. The average Bonchev–Trinajstić information content (AvgIpc) is 3.12. The minimum atomic E-state index is -0.310. The molecule has 6 rings (SSSR count). The van der Waals surface area contributed by atoms with Crippen molar-refractivity contribution >= 4 is 16.8 Å². The third-order valence-corrected chi connectivity index (χ3v) is 8.12. The van der Waals surface area contributed by atoms with Crippen LogP contribution in [0.5, 0.6) is 5.75 Å². The fraction of sp³-hybridized carbons (Fsp3) is 0.379. The van der Waals surface area contributed by atoms with Crippen LogP contribution < -0.4 is 10.3 Å². The first kappa shape index (κ1) is 23.3. The number of hydrogen-bond acceptors (Lipinski definition) is 6. The lowest BCUT2D eigenvalue weighted by atomic mass is 9.73. The van der Waals surface area contributed by atoms with E-state index >= 15 is 0 Å². The predicted molar refractivity (Wildman–Crippen MR) is 139 cm³/mol. The molecule has 0 radical (unpaired) electrons. The van der Waals surface area contributed by atoms with E-state index < -0.39 is 0 Å². The lowest BCUT2D eigenvalue weighted by molar-refractivity contribution is 0.0970. The summed E-state index contributed by atoms with van der Waals surface area (Å²) in [6.45, 7) is 6.35. The molecule has 1 aliphatic carbocycles. The van der Waals surface area contributed by atoms with E-state index in [1.165, 1.54) is 22.2 Å². The Balaban J connectivity index is 1.49. The molecular weight excluding hydrogens is 466 g/mol. The fourth-order valence-electron chi connectivity index (χ4n) is 6.33. The summed E-state index contributed by atoms with van der Waals surface area (Å²) in [5, 5.41) is 10.1. The van der Waals surface area contributed by atoms with Crippen LogP contribution in [0.4, 0.5) is 0 Å². The van der Waals surface area contributed by atoms with Crippen LogP contribution in [-0.4, -0.2) is 38.5 Å². The number of ether oxygens (including phenoxy) is 1. The van der Waals surface area contributed by atoms with Crippen LogP contribution in [0.15, 0.2) is 58.8 Å². The summed E-state index contributed by atoms with van der Waals surface area (Å²) in [7, 11) is 1.55. The second-order valence-electron chi connectivity index (χ2n) is 10.5. The molecule has 0 N–H and O–H groups in total. The first-order valence-corrected chi connectivity index (χ1v) is 12.7. The van der Waals surface area contributed by atoms with Gasteiger partial charge in [-0.2, -0.15) is 5.26 Å². The van der Waals surface area contributed by atoms with E-state index in [1.807, 2.05) is 4.57 Å². The number of hydrogen-bond donors (Lipinski definition) is 0. The van der Waals surface area contributed by atoms with Crippen molar-refractivity contribution in [2.75, 3.05) is 13.7 Å². The molecule has 4 heterocycles. The first-order valence-electron chi connectivity index (χ1n) is 12.7. The van der Waals surface area contributed by atoms with Crippen molar-refractivity contribution in [2.24, 2.45) is 11.3 Å². The zero-order valence-electron chi connectivity index (χ0n) is 21.3. The monoisotopic (exact) mass is 495 g/mol. The van der Waals surface area contributed by atoms with Gasteiger partial charge in [0.15, 0.2) is 5.78 Å². The lowest BCUT2D eigenvalue weighted by Gasteiger charge is -2.44. The quantitative estimate of drug-likeness (QED) is 0.401. The Kier molecular flexibility index (Phi) is 5.34. The Hall–Kier alpha value is -4.12. The molecule has 2 atom stereocenters. The SMILES string of the molecule is COc1cccc(C(=O)Cn2cnc3c(C#N)c4n(c3c2=O)CC2(C)C=CC(C)C3=C2N(CCC3)C4)c1. The smallest absolute Gasteiger partial charge is 0.278 e. The van der Waals surface area contributed by atoms with E-state index in [0.717, 1.165) is 25.1 Å². The highest BCUT2D eigenvalue weighted by Gasteiger charge is 2.42. The zero-order chi connectivity index (χ0) is 25.9. The Bertz CT molecular complexity index is 1620. The number of benzene rings is 1. The van der Waals surface area contributed by atoms with Gasteiger partial charge in [0.2, 0.25) is 0 Å². The maximum atomic E-state index is 13.8. The summed E-state index contributed by atoms with van der Waals surface area (Å²) in [6.07, 6.45) is 8.08. The van der Waals surface area contributed by atoms with Crippen LogP contribution in [-0.2, 0) is 19.6 Å². The number of fused-ring (bicyclic) bond motifs is 3. The van der Waals surface area contributed by atoms with Crippen molar-refractivity contribution in [1.82, 2.24) is 19.0 Å². The molecule has 0 bridgehead atoms. The second-order valence-corrected chi connectivity index (χ2v) is 10.5. The fourth-order valence-corrected chi connectivity index (χ4v) is 6.33. The number of methoxy groups -OCH3 is 1. The van der Waals surface area contributed by atoms with Crippen molar-refractivity contribution in [3.05, 3.63) is 81.2 Å². The molecule has 2 aliphatic heterocycles. The molecule has 3 aliphatic rings. The highest BCUT2D eigenvalue weighted by atomic mass is 16.5. The summed E-state index contributed by atoms with van der Waals surface area (Å²) in [6, 6.07) is 9.22. The van der Waals surface area contributed by atoms with Crippen molar-refractivity contribution in [1.29, 1.82) is 5.26 Å². The standard InChI is InChI=1S/C29H29N5O3/c1-18-9-10-29(2)16-34-23(14-32-11-5-8-21(18)27(29)32)22(13-30)25-26(34)28(36)33(17-31-25)15-24(35)19-6-4-7-20(12-19)37-3/h4,6-7,9-10,12,17-18H,5,8,11,14-16H2,1-3H3. The average molecular weight is 496 g/mol. The number of ketones is 1. The van der Waals surface area contributed by atoms with Gasteiger partial charge in [0.05, 0.1) is 32.2 Å². The van der Waals surface area contributed by atoms with E-state index in [4.69, 9.17) is 4.74 Å². The highest BCUT2D eigenvalue weighted by molar-refractivity contribution is 5.96. The number of aromatic nitrogens is 3. The number of nitrogens with zero attached hydrogens (tertiary/aromatic N) is 5. The maximum Gasteiger partial charge on any atom is 0.278 e. The van der Waals surface area contributed by atoms with Crippen LogP contribution >= 0.6 is 0 Å². The first-order chi connectivity index (χ1) is 17.8. The van der Waals surface area contributed by atoms with Gasteiger partial charge >= 0.3 is 0 Å². The Morgan fingerprint density at radius 1 is 1.35 bits per heavy atom. The maximum absolute atomic E-state index is 13.8. The third-order valence-electron chi connectivity index (χ3n) is 8.12. The van der Waals surface area contributed by atoms with Gasteiger partial charge in [-0.05, 0) is 43.4 Å². The van der Waals surface area contributed by atoms with Gasteiger partial charge in [-0.15, -0.1) is 0 Å². The molecule has 0 saturated carbocycles. The molecule has 3 aromatic rings. The van der Waals surface area contributed by atoms with Crippen molar-refractivity contribution in [2.45, 2.75) is 46.3 Å². The van der Waals surface area contributed by atoms with Gasteiger partial charge in [0, 0.05) is 29.8 Å². The van der Waals surface area contributed by atoms with Gasteiger partial charge in [0.25, 0.3) is 5.56 Å². The molecule has 188 valence electrons. The van der Waals surface area contributed by atoms with Crippen LogP contribution in [0.25, 0.3) is 11.0 Å². The van der Waals surface area contributed by atoms with Crippen LogP contribution in [0, 0.1) is 22.7 Å². The number of nitriles is 1. The number of allylic oxidation sites excluding steroid dienone is 3. The van der Waals surface area contributed by atoms with E-state index in [1.54, 1.807) is 31.4 Å². The Morgan fingerprint density at radius 3 is 2.97 bits per heavy atom. The normalized spacial score (nSPS) is 22.3. The Labute approximate surface area is 215 Å². The number of carbonyl (C=O) groups excluding carboxylic acids is 1. The topological polar surface area (TPSA) is 93.1 Å². The molecule has 37 heavy (non-hydrogen) atoms. The molecule has 0 fully saturated rings. The van der Waals surface area contributed by atoms with Crippen LogP contribution in [0.2, 0.25) is 0 Å². The largest absolute Gasteiger partial charge is 0.497 e. The minimum Gasteiger partial charge on any atom is -0.497 e. The van der Waals surface area contributed by atoms with E-state index in [2.05, 4.69) is 42.0 Å².